The van der Waals surface area contributed by atoms with E-state index in [0.717, 1.165) is 30.5 Å². The van der Waals surface area contributed by atoms with Crippen molar-refractivity contribution < 1.29 is 9.53 Å². The van der Waals surface area contributed by atoms with Gasteiger partial charge in [-0.2, -0.15) is 5.10 Å². The first-order valence-corrected chi connectivity index (χ1v) is 10.1. The maximum atomic E-state index is 13.0. The van der Waals surface area contributed by atoms with Gasteiger partial charge in [-0.05, 0) is 25.1 Å². The highest BCUT2D eigenvalue weighted by Crippen LogP contribution is 2.38. The maximum absolute atomic E-state index is 13.0. The number of para-hydroxylation sites is 1. The predicted molar refractivity (Wildman–Crippen MR) is 112 cm³/mol. The van der Waals surface area contributed by atoms with E-state index in [1.807, 2.05) is 42.3 Å². The zero-order valence-corrected chi connectivity index (χ0v) is 16.9. The lowest BCUT2D eigenvalue weighted by molar-refractivity contribution is -0.0951. The monoisotopic (exact) mass is 390 g/mol. The van der Waals surface area contributed by atoms with Gasteiger partial charge in [0.15, 0.2) is 5.69 Å². The smallest absolute Gasteiger partial charge is 0.275 e. The Morgan fingerprint density at radius 2 is 1.90 bits per heavy atom. The SMILES string of the molecule is CN(Cc1ccccc1)C1COC2(C1)CN(C(=O)c1nn(C)c3ccccc13)C2. The number of amides is 1. The lowest BCUT2D eigenvalue weighted by atomic mass is 9.88. The van der Waals surface area contributed by atoms with Gasteiger partial charge in [-0.15, -0.1) is 0 Å². The summed E-state index contributed by atoms with van der Waals surface area (Å²) in [5.41, 5.74) is 2.62. The molecule has 0 bridgehead atoms. The van der Waals surface area contributed by atoms with Gasteiger partial charge in [0.25, 0.3) is 5.91 Å². The van der Waals surface area contributed by atoms with Gasteiger partial charge in [0.2, 0.25) is 0 Å². The number of nitrogens with zero attached hydrogens (tertiary/aromatic N) is 4. The summed E-state index contributed by atoms with van der Waals surface area (Å²) in [4.78, 5) is 17.3. The van der Waals surface area contributed by atoms with E-state index in [9.17, 15) is 4.79 Å². The van der Waals surface area contributed by atoms with Crippen LogP contribution in [0.2, 0.25) is 0 Å². The van der Waals surface area contributed by atoms with Gasteiger partial charge >= 0.3 is 0 Å². The van der Waals surface area contributed by atoms with Crippen LogP contribution >= 0.6 is 0 Å². The van der Waals surface area contributed by atoms with E-state index in [2.05, 4.69) is 41.3 Å². The zero-order valence-electron chi connectivity index (χ0n) is 16.9. The average Bonchev–Trinajstić information content (AvgIpc) is 3.30. The van der Waals surface area contributed by atoms with Gasteiger partial charge in [0, 0.05) is 25.0 Å². The molecule has 2 aliphatic heterocycles. The van der Waals surface area contributed by atoms with Crippen LogP contribution in [0.1, 0.15) is 22.5 Å². The Labute approximate surface area is 170 Å². The number of aryl methyl sites for hydroxylation is 1. The van der Waals surface area contributed by atoms with E-state index < -0.39 is 0 Å². The Morgan fingerprint density at radius 3 is 2.69 bits per heavy atom. The number of likely N-dealkylation sites (N-methyl/N-ethyl adjacent to an activating group) is 1. The molecule has 6 heteroatoms. The topological polar surface area (TPSA) is 50.6 Å². The lowest BCUT2D eigenvalue weighted by Gasteiger charge is -2.47. The van der Waals surface area contributed by atoms with Gasteiger partial charge in [-0.3, -0.25) is 14.4 Å². The zero-order chi connectivity index (χ0) is 20.0. The Morgan fingerprint density at radius 1 is 1.17 bits per heavy atom. The second-order valence-electron chi connectivity index (χ2n) is 8.40. The number of hydrogen-bond donors (Lipinski definition) is 0. The Balaban J connectivity index is 1.23. The van der Waals surface area contributed by atoms with Crippen LogP contribution < -0.4 is 0 Å². The van der Waals surface area contributed by atoms with Gasteiger partial charge in [-0.1, -0.05) is 48.5 Å². The number of benzene rings is 2. The van der Waals surface area contributed by atoms with E-state index in [0.29, 0.717) is 24.8 Å². The number of carbonyl (C=O) groups excluding carboxylic acids is 1. The Bertz CT molecular complexity index is 1040. The van der Waals surface area contributed by atoms with Crippen LogP contribution in [0.3, 0.4) is 0 Å². The van der Waals surface area contributed by atoms with Gasteiger partial charge in [0.05, 0.1) is 25.2 Å². The van der Waals surface area contributed by atoms with E-state index in [1.54, 1.807) is 4.68 Å². The van der Waals surface area contributed by atoms with Crippen molar-refractivity contribution in [2.45, 2.75) is 24.6 Å². The van der Waals surface area contributed by atoms with Gasteiger partial charge < -0.3 is 9.64 Å². The third kappa shape index (κ3) is 3.22. The minimum atomic E-state index is -0.199. The molecule has 1 spiro atoms. The van der Waals surface area contributed by atoms with Gasteiger partial charge in [0.1, 0.15) is 5.60 Å². The van der Waals surface area contributed by atoms with Crippen molar-refractivity contribution in [1.82, 2.24) is 19.6 Å². The number of ether oxygens (including phenoxy) is 1. The third-order valence-electron chi connectivity index (χ3n) is 6.29. The largest absolute Gasteiger partial charge is 0.370 e. The first-order valence-electron chi connectivity index (χ1n) is 10.1. The maximum Gasteiger partial charge on any atom is 0.275 e. The summed E-state index contributed by atoms with van der Waals surface area (Å²) in [5, 5.41) is 5.38. The van der Waals surface area contributed by atoms with E-state index in [-0.39, 0.29) is 11.5 Å². The number of hydrogen-bond acceptors (Lipinski definition) is 4. The van der Waals surface area contributed by atoms with Crippen molar-refractivity contribution in [2.24, 2.45) is 7.05 Å². The molecule has 0 aliphatic carbocycles. The summed E-state index contributed by atoms with van der Waals surface area (Å²) in [7, 11) is 4.03. The van der Waals surface area contributed by atoms with Crippen LogP contribution in [0.5, 0.6) is 0 Å². The molecule has 0 saturated carbocycles. The number of likely N-dealkylation sites (tertiary alicyclic amines) is 1. The highest BCUT2D eigenvalue weighted by molar-refractivity contribution is 6.05. The van der Waals surface area contributed by atoms with Crippen LogP contribution in [-0.2, 0) is 18.3 Å². The van der Waals surface area contributed by atoms with Crippen molar-refractivity contribution in [3.8, 4) is 0 Å². The van der Waals surface area contributed by atoms with Crippen LogP contribution in [0.4, 0.5) is 0 Å². The molecule has 3 heterocycles. The molecule has 150 valence electrons. The fourth-order valence-electron chi connectivity index (χ4n) is 4.64. The van der Waals surface area contributed by atoms with Crippen molar-refractivity contribution in [3.05, 3.63) is 65.9 Å². The number of carbonyl (C=O) groups is 1. The fourth-order valence-corrected chi connectivity index (χ4v) is 4.64. The van der Waals surface area contributed by atoms with Crippen LogP contribution in [-0.4, -0.2) is 63.9 Å². The molecule has 0 radical (unpaired) electrons. The number of fused-ring (bicyclic) bond motifs is 1. The van der Waals surface area contributed by atoms with Crippen molar-refractivity contribution in [2.75, 3.05) is 26.7 Å². The fraction of sp³-hybridized carbons (Fsp3) is 0.391. The molecular weight excluding hydrogens is 364 g/mol. The summed E-state index contributed by atoms with van der Waals surface area (Å²) >= 11 is 0. The third-order valence-corrected chi connectivity index (χ3v) is 6.29. The summed E-state index contributed by atoms with van der Waals surface area (Å²) in [6.07, 6.45) is 0.961. The number of aromatic nitrogens is 2. The summed E-state index contributed by atoms with van der Waals surface area (Å²) in [6.45, 7) is 2.92. The van der Waals surface area contributed by atoms with Crippen molar-refractivity contribution in [1.29, 1.82) is 0 Å². The quantitative estimate of drug-likeness (QED) is 0.687. The molecule has 0 N–H and O–H groups in total. The van der Waals surface area contributed by atoms with E-state index in [1.165, 1.54) is 5.56 Å². The Hall–Kier alpha value is -2.70. The summed E-state index contributed by atoms with van der Waals surface area (Å²) in [6, 6.07) is 18.8. The standard InChI is InChI=1S/C23H26N4O2/c1-25(13-17-8-4-3-5-9-17)18-12-23(29-14-18)15-27(16-23)22(28)21-19-10-6-7-11-20(19)26(2)24-21/h3-11,18H,12-16H2,1-2H3. The van der Waals surface area contributed by atoms with Crippen LogP contribution in [0.15, 0.2) is 54.6 Å². The molecule has 2 fully saturated rings. The second-order valence-corrected chi connectivity index (χ2v) is 8.40. The van der Waals surface area contributed by atoms with Crippen LogP contribution in [0, 0.1) is 0 Å². The Kier molecular flexibility index (Phi) is 4.41. The highest BCUT2D eigenvalue weighted by atomic mass is 16.5. The second kappa shape index (κ2) is 6.97. The molecule has 2 aliphatic rings. The molecule has 3 aromatic rings. The molecule has 1 amide bonds. The molecule has 1 unspecified atom stereocenters. The lowest BCUT2D eigenvalue weighted by Crippen LogP contribution is -2.63. The number of rotatable bonds is 4. The molecule has 29 heavy (non-hydrogen) atoms. The minimum absolute atomic E-state index is 0.00267. The van der Waals surface area contributed by atoms with Crippen LogP contribution in [0.25, 0.3) is 10.9 Å². The molecule has 2 saturated heterocycles. The molecule has 5 rings (SSSR count). The average molecular weight is 390 g/mol. The molecule has 6 nitrogen and oxygen atoms in total. The summed E-state index contributed by atoms with van der Waals surface area (Å²) < 4.78 is 7.97. The molecular formula is C23H26N4O2. The molecule has 1 aromatic heterocycles. The van der Waals surface area contributed by atoms with E-state index in [4.69, 9.17) is 4.74 Å². The summed E-state index contributed by atoms with van der Waals surface area (Å²) in [5.74, 6) is -0.00267. The van der Waals surface area contributed by atoms with Gasteiger partial charge in [-0.25, -0.2) is 0 Å². The highest BCUT2D eigenvalue weighted by Gasteiger charge is 2.52. The van der Waals surface area contributed by atoms with E-state index >= 15 is 0 Å². The van der Waals surface area contributed by atoms with Crippen molar-refractivity contribution in [3.63, 3.8) is 0 Å². The predicted octanol–water partition coefficient (Wildman–Crippen LogP) is 2.69. The van der Waals surface area contributed by atoms with Crippen molar-refractivity contribution >= 4 is 16.8 Å². The first kappa shape index (κ1) is 18.3. The molecule has 2 aromatic carbocycles. The normalized spacial score (nSPS) is 20.5. The molecule has 1 atom stereocenters. The first-order chi connectivity index (χ1) is 14.0. The minimum Gasteiger partial charge on any atom is -0.370 e.